The van der Waals surface area contributed by atoms with Crippen LogP contribution in [0.5, 0.6) is 11.5 Å². The van der Waals surface area contributed by atoms with Gasteiger partial charge in [0, 0.05) is 17.3 Å². The van der Waals surface area contributed by atoms with Crippen LogP contribution in [-0.2, 0) is 0 Å². The predicted octanol–water partition coefficient (Wildman–Crippen LogP) is 4.39. The van der Waals surface area contributed by atoms with Crippen molar-refractivity contribution in [2.75, 3.05) is 12.4 Å². The Labute approximate surface area is 151 Å². The molecule has 3 aromatic rings. The van der Waals surface area contributed by atoms with Crippen LogP contribution in [0.25, 0.3) is 11.3 Å². The SMILES string of the molecule is COc1ccc(NC(=O)c2cc(-c3ccc(OC(C)C)cc3)on2)cc1. The first kappa shape index (κ1) is 17.5. The monoisotopic (exact) mass is 352 g/mol. The van der Waals surface area contributed by atoms with E-state index in [0.717, 1.165) is 17.1 Å². The molecule has 1 heterocycles. The number of anilines is 1. The zero-order chi connectivity index (χ0) is 18.5. The third-order valence-corrected chi connectivity index (χ3v) is 3.60. The average molecular weight is 352 g/mol. The second kappa shape index (κ2) is 7.74. The predicted molar refractivity (Wildman–Crippen MR) is 98.7 cm³/mol. The summed E-state index contributed by atoms with van der Waals surface area (Å²) in [6.45, 7) is 3.94. The minimum absolute atomic E-state index is 0.111. The highest BCUT2D eigenvalue weighted by Crippen LogP contribution is 2.24. The van der Waals surface area contributed by atoms with E-state index in [0.29, 0.717) is 11.4 Å². The number of methoxy groups -OCH3 is 1. The van der Waals surface area contributed by atoms with Gasteiger partial charge < -0.3 is 19.3 Å². The minimum Gasteiger partial charge on any atom is -0.497 e. The molecular formula is C20H20N2O4. The van der Waals surface area contributed by atoms with Crippen molar-refractivity contribution in [3.05, 3.63) is 60.3 Å². The molecule has 134 valence electrons. The summed E-state index contributed by atoms with van der Waals surface area (Å²) in [7, 11) is 1.59. The number of nitrogens with one attached hydrogen (secondary N) is 1. The van der Waals surface area contributed by atoms with Crippen molar-refractivity contribution in [2.45, 2.75) is 20.0 Å². The molecule has 6 nitrogen and oxygen atoms in total. The molecule has 0 bridgehead atoms. The molecular weight excluding hydrogens is 332 g/mol. The molecule has 0 atom stereocenters. The largest absolute Gasteiger partial charge is 0.497 e. The number of amides is 1. The van der Waals surface area contributed by atoms with Crippen LogP contribution in [0, 0.1) is 0 Å². The molecule has 2 aromatic carbocycles. The van der Waals surface area contributed by atoms with Crippen LogP contribution in [0.1, 0.15) is 24.3 Å². The summed E-state index contributed by atoms with van der Waals surface area (Å²) in [5.74, 6) is 1.67. The summed E-state index contributed by atoms with van der Waals surface area (Å²) >= 11 is 0. The van der Waals surface area contributed by atoms with Crippen LogP contribution < -0.4 is 14.8 Å². The molecule has 0 spiro atoms. The van der Waals surface area contributed by atoms with E-state index in [1.807, 2.05) is 38.1 Å². The summed E-state index contributed by atoms with van der Waals surface area (Å²) in [4.78, 5) is 12.3. The van der Waals surface area contributed by atoms with Gasteiger partial charge in [-0.3, -0.25) is 4.79 Å². The Balaban J connectivity index is 1.69. The zero-order valence-electron chi connectivity index (χ0n) is 14.9. The van der Waals surface area contributed by atoms with Crippen molar-refractivity contribution in [2.24, 2.45) is 0 Å². The Morgan fingerprint density at radius 1 is 1.04 bits per heavy atom. The maximum atomic E-state index is 12.3. The van der Waals surface area contributed by atoms with Crippen LogP contribution in [0.2, 0.25) is 0 Å². The van der Waals surface area contributed by atoms with Gasteiger partial charge in [0.2, 0.25) is 0 Å². The number of benzene rings is 2. The van der Waals surface area contributed by atoms with Crippen molar-refractivity contribution in [1.82, 2.24) is 5.16 Å². The first-order valence-corrected chi connectivity index (χ1v) is 8.24. The minimum atomic E-state index is -0.343. The highest BCUT2D eigenvalue weighted by Gasteiger charge is 2.14. The third kappa shape index (κ3) is 4.22. The Hall–Kier alpha value is -3.28. The van der Waals surface area contributed by atoms with Gasteiger partial charge in [-0.15, -0.1) is 0 Å². The van der Waals surface area contributed by atoms with E-state index < -0.39 is 0 Å². The molecule has 0 fully saturated rings. The normalized spacial score (nSPS) is 10.6. The van der Waals surface area contributed by atoms with Crippen LogP contribution in [0.4, 0.5) is 5.69 Å². The Morgan fingerprint density at radius 2 is 1.69 bits per heavy atom. The van der Waals surface area contributed by atoms with E-state index >= 15 is 0 Å². The van der Waals surface area contributed by atoms with E-state index in [1.54, 1.807) is 37.4 Å². The molecule has 1 aromatic heterocycles. The molecule has 1 N–H and O–H groups in total. The molecule has 0 aliphatic heterocycles. The first-order chi connectivity index (χ1) is 12.5. The van der Waals surface area contributed by atoms with Crippen molar-refractivity contribution in [1.29, 1.82) is 0 Å². The molecule has 6 heteroatoms. The second-order valence-corrected chi connectivity index (χ2v) is 5.95. The fourth-order valence-corrected chi connectivity index (χ4v) is 2.36. The van der Waals surface area contributed by atoms with E-state index in [4.69, 9.17) is 14.0 Å². The topological polar surface area (TPSA) is 73.6 Å². The smallest absolute Gasteiger partial charge is 0.277 e. The molecule has 0 radical (unpaired) electrons. The number of carbonyl (C=O) groups is 1. The quantitative estimate of drug-likeness (QED) is 0.712. The van der Waals surface area contributed by atoms with Gasteiger partial charge in [0.25, 0.3) is 5.91 Å². The molecule has 0 saturated carbocycles. The number of rotatable bonds is 6. The lowest BCUT2D eigenvalue weighted by Gasteiger charge is -2.09. The van der Waals surface area contributed by atoms with Gasteiger partial charge in [0.05, 0.1) is 13.2 Å². The van der Waals surface area contributed by atoms with Crippen molar-refractivity contribution >= 4 is 11.6 Å². The maximum Gasteiger partial charge on any atom is 0.277 e. The third-order valence-electron chi connectivity index (χ3n) is 3.60. The molecule has 3 rings (SSSR count). The van der Waals surface area contributed by atoms with Crippen molar-refractivity contribution in [3.8, 4) is 22.8 Å². The van der Waals surface area contributed by atoms with Gasteiger partial charge in [-0.05, 0) is 62.4 Å². The summed E-state index contributed by atoms with van der Waals surface area (Å²) in [5.41, 5.74) is 1.67. The van der Waals surface area contributed by atoms with E-state index in [1.165, 1.54) is 0 Å². The van der Waals surface area contributed by atoms with E-state index in [-0.39, 0.29) is 17.7 Å². The lowest BCUT2D eigenvalue weighted by Crippen LogP contribution is -2.11. The fraction of sp³-hybridized carbons (Fsp3) is 0.200. The van der Waals surface area contributed by atoms with Gasteiger partial charge in [-0.1, -0.05) is 5.16 Å². The molecule has 0 aliphatic carbocycles. The van der Waals surface area contributed by atoms with Crippen LogP contribution in [0.15, 0.2) is 59.1 Å². The summed E-state index contributed by atoms with van der Waals surface area (Å²) < 4.78 is 16.0. The van der Waals surface area contributed by atoms with Gasteiger partial charge in [-0.25, -0.2) is 0 Å². The summed E-state index contributed by atoms with van der Waals surface area (Å²) in [6.07, 6.45) is 0.111. The van der Waals surface area contributed by atoms with Gasteiger partial charge >= 0.3 is 0 Å². The van der Waals surface area contributed by atoms with Gasteiger partial charge in [-0.2, -0.15) is 0 Å². The number of ether oxygens (including phenoxy) is 2. The Bertz CT molecular complexity index is 868. The lowest BCUT2D eigenvalue weighted by molar-refractivity contribution is 0.101. The van der Waals surface area contributed by atoms with Crippen LogP contribution >= 0.6 is 0 Å². The lowest BCUT2D eigenvalue weighted by atomic mass is 10.1. The van der Waals surface area contributed by atoms with Gasteiger partial charge in [0.15, 0.2) is 11.5 Å². The van der Waals surface area contributed by atoms with E-state index in [2.05, 4.69) is 10.5 Å². The zero-order valence-corrected chi connectivity index (χ0v) is 14.9. The highest BCUT2D eigenvalue weighted by atomic mass is 16.5. The number of hydrogen-bond donors (Lipinski definition) is 1. The van der Waals surface area contributed by atoms with Crippen molar-refractivity contribution in [3.63, 3.8) is 0 Å². The fourth-order valence-electron chi connectivity index (χ4n) is 2.36. The number of carbonyl (C=O) groups excluding carboxylic acids is 1. The average Bonchev–Trinajstić information content (AvgIpc) is 3.13. The number of hydrogen-bond acceptors (Lipinski definition) is 5. The second-order valence-electron chi connectivity index (χ2n) is 5.95. The molecule has 0 aliphatic rings. The van der Waals surface area contributed by atoms with Crippen LogP contribution in [-0.4, -0.2) is 24.3 Å². The molecule has 26 heavy (non-hydrogen) atoms. The summed E-state index contributed by atoms with van der Waals surface area (Å²) in [5, 5.41) is 6.62. The van der Waals surface area contributed by atoms with E-state index in [9.17, 15) is 4.79 Å². The Kier molecular flexibility index (Phi) is 5.22. The Morgan fingerprint density at radius 3 is 2.31 bits per heavy atom. The standard InChI is InChI=1S/C20H20N2O4/c1-13(2)25-17-8-4-14(5-9-17)19-12-18(22-26-19)20(23)21-15-6-10-16(24-3)11-7-15/h4-13H,1-3H3,(H,21,23). The number of aromatic nitrogens is 1. The first-order valence-electron chi connectivity index (χ1n) is 8.24. The number of nitrogens with zero attached hydrogens (tertiary/aromatic N) is 1. The maximum absolute atomic E-state index is 12.3. The highest BCUT2D eigenvalue weighted by molar-refractivity contribution is 6.03. The van der Waals surface area contributed by atoms with Gasteiger partial charge in [0.1, 0.15) is 11.5 Å². The van der Waals surface area contributed by atoms with Crippen LogP contribution in [0.3, 0.4) is 0 Å². The van der Waals surface area contributed by atoms with Crippen molar-refractivity contribution < 1.29 is 18.8 Å². The molecule has 0 saturated heterocycles. The molecule has 0 unspecified atom stereocenters. The molecule has 1 amide bonds. The summed E-state index contributed by atoms with van der Waals surface area (Å²) in [6, 6.07) is 16.1.